The Kier molecular flexibility index (Phi) is 8.95. The fraction of sp³-hybridized carbons (Fsp3) is 0.0222. The zero-order chi connectivity index (χ0) is 33.1. The minimum atomic E-state index is -2.47. The fourth-order valence-electron chi connectivity index (χ4n) is 7.54. The van der Waals surface area contributed by atoms with Gasteiger partial charge in [0.05, 0.1) is 8.15 Å². The van der Waals surface area contributed by atoms with Gasteiger partial charge in [-0.2, -0.15) is 0 Å². The Morgan fingerprint density at radius 1 is 0.306 bits per heavy atom. The maximum Gasteiger partial charge on any atom is 0.0947 e. The summed E-state index contributed by atoms with van der Waals surface area (Å²) in [6.45, 7) is -4.94. The van der Waals surface area contributed by atoms with Gasteiger partial charge in [0.15, 0.2) is 0 Å². The maximum atomic E-state index is 7.11. The summed E-state index contributed by atoms with van der Waals surface area (Å²) in [6, 6.07) is 76.5. The Bertz CT molecular complexity index is 1930. The van der Waals surface area contributed by atoms with E-state index in [0.717, 1.165) is 0 Å². The second kappa shape index (κ2) is 13.8. The Labute approximate surface area is 291 Å². The van der Waals surface area contributed by atoms with Crippen molar-refractivity contribution in [2.45, 2.75) is 0 Å². The third kappa shape index (κ3) is 5.17. The molecule has 8 rings (SSSR count). The van der Waals surface area contributed by atoms with Crippen LogP contribution in [0.1, 0.15) is 11.1 Å². The molecule has 238 valence electrons. The average Bonchev–Trinajstić information content (AvgIpc) is 3.53. The summed E-state index contributed by atoms with van der Waals surface area (Å²) in [4.78, 5) is 0. The van der Waals surface area contributed by atoms with Crippen LogP contribution in [0.15, 0.2) is 206 Å². The second-order valence-corrected chi connectivity index (χ2v) is 21.3. The maximum absolute atomic E-state index is 7.11. The van der Waals surface area contributed by atoms with E-state index >= 15 is 0 Å². The van der Waals surface area contributed by atoms with Gasteiger partial charge >= 0.3 is 0 Å². The molecule has 0 N–H and O–H groups in total. The molecule has 0 saturated heterocycles. The summed E-state index contributed by atoms with van der Waals surface area (Å²) in [6.07, 6.45) is 0. The molecule has 4 heteroatoms. The van der Waals surface area contributed by atoms with Crippen molar-refractivity contribution in [3.63, 3.8) is 0 Å². The minimum absolute atomic E-state index is 1.28. The highest BCUT2D eigenvalue weighted by Gasteiger charge is 2.46. The molecule has 0 aromatic heterocycles. The largest absolute Gasteiger partial charge is 0.353 e. The molecule has 7 aromatic carbocycles. The van der Waals surface area contributed by atoms with E-state index in [4.69, 9.17) is 4.52 Å². The van der Waals surface area contributed by atoms with Gasteiger partial charge in [-0.05, 0) is 56.7 Å². The molecule has 0 unspecified atom stereocenters. The summed E-state index contributed by atoms with van der Waals surface area (Å²) >= 11 is 0. The van der Waals surface area contributed by atoms with Crippen molar-refractivity contribution in [2.24, 2.45) is 0 Å². The third-order valence-electron chi connectivity index (χ3n) is 9.47. The van der Waals surface area contributed by atoms with Gasteiger partial charge in [-0.3, -0.25) is 0 Å². The molecule has 0 atom stereocenters. The van der Waals surface area contributed by atoms with Gasteiger partial charge in [0.25, 0.3) is 0 Å². The summed E-state index contributed by atoms with van der Waals surface area (Å²) in [7, 11) is 0.665. The summed E-state index contributed by atoms with van der Waals surface area (Å²) in [5, 5.41) is 10.9. The normalized spacial score (nSPS) is 13.3. The topological polar surface area (TPSA) is 9.23 Å². The van der Waals surface area contributed by atoms with Crippen LogP contribution in [0.3, 0.4) is 0 Å². The summed E-state index contributed by atoms with van der Waals surface area (Å²) in [5.41, 5.74) is 2.62. The van der Waals surface area contributed by atoms with Crippen LogP contribution >= 0.6 is 21.9 Å². The van der Waals surface area contributed by atoms with E-state index in [1.54, 1.807) is 0 Å². The highest BCUT2D eigenvalue weighted by molar-refractivity contribution is 8.18. The second-order valence-electron chi connectivity index (χ2n) is 12.0. The van der Waals surface area contributed by atoms with Crippen molar-refractivity contribution in [3.8, 4) is 0 Å². The Balaban J connectivity index is 1.70. The van der Waals surface area contributed by atoms with E-state index in [9.17, 15) is 0 Å². The van der Waals surface area contributed by atoms with E-state index in [-0.39, 0.29) is 0 Å². The molecule has 0 bridgehead atoms. The molecular formula is C45H37OP3. The highest BCUT2D eigenvalue weighted by Crippen LogP contribution is 2.68. The molecule has 0 spiro atoms. The van der Waals surface area contributed by atoms with Gasteiger partial charge in [-0.25, -0.2) is 0 Å². The number of hydrogen-bond acceptors (Lipinski definition) is 1. The van der Waals surface area contributed by atoms with E-state index in [0.29, 0.717) is 0 Å². The number of benzene rings is 7. The van der Waals surface area contributed by atoms with Crippen molar-refractivity contribution in [2.75, 3.05) is 7.11 Å². The predicted molar refractivity (Wildman–Crippen MR) is 219 cm³/mol. The predicted octanol–water partition coefficient (Wildman–Crippen LogP) is 8.69. The Hall–Kier alpha value is -4.47. The molecular weight excluding hydrogens is 649 g/mol. The van der Waals surface area contributed by atoms with Crippen LogP contribution in [0.25, 0.3) is 0 Å². The summed E-state index contributed by atoms with van der Waals surface area (Å²) in [5.74, 6) is 0. The lowest BCUT2D eigenvalue weighted by molar-refractivity contribution is 0.478. The van der Waals surface area contributed by atoms with Crippen molar-refractivity contribution in [3.05, 3.63) is 217 Å². The molecule has 1 nitrogen and oxygen atoms in total. The first-order chi connectivity index (χ1) is 24.3. The smallest absolute Gasteiger partial charge is 0.0947 e. The molecule has 7 aromatic rings. The average molecular weight is 687 g/mol. The zero-order valence-corrected chi connectivity index (χ0v) is 30.1. The Morgan fingerprint density at radius 2 is 0.510 bits per heavy atom. The molecule has 0 fully saturated rings. The van der Waals surface area contributed by atoms with E-state index in [2.05, 4.69) is 206 Å². The van der Waals surface area contributed by atoms with Crippen LogP contribution in [-0.2, 0) is 4.52 Å². The molecule has 0 radical (unpaired) electrons. The number of hydrogen-bond donors (Lipinski definition) is 0. The first-order valence-electron chi connectivity index (χ1n) is 16.6. The van der Waals surface area contributed by atoms with Crippen LogP contribution in [0.2, 0.25) is 0 Å². The van der Waals surface area contributed by atoms with Gasteiger partial charge in [-0.15, -0.1) is 0 Å². The zero-order valence-electron chi connectivity index (χ0n) is 27.4. The standard InChI is InChI=1S/C45H37OP3/c1-46-47-44(48(36-22-8-2-9-23-36,37-24-10-3-11-25-37)38-26-12-4-13-27-38)42-34-20-21-35-43(42)45(47)49(39-28-14-5-15-29-39,40-30-16-6-17-31-40)41-32-18-7-19-33-41/h2-35H,1H3. The number of rotatable bonds is 7. The molecule has 1 aliphatic heterocycles. The van der Waals surface area contributed by atoms with Crippen LogP contribution in [0.5, 0.6) is 0 Å². The van der Waals surface area contributed by atoms with E-state index in [1.807, 2.05) is 7.11 Å². The first-order valence-corrected chi connectivity index (χ1v) is 21.5. The van der Waals surface area contributed by atoms with E-state index in [1.165, 1.54) is 53.0 Å². The van der Waals surface area contributed by atoms with E-state index < -0.39 is 21.9 Å². The van der Waals surface area contributed by atoms with Crippen molar-refractivity contribution >= 4 is 63.8 Å². The van der Waals surface area contributed by atoms with Crippen molar-refractivity contribution in [1.82, 2.24) is 0 Å². The highest BCUT2D eigenvalue weighted by atomic mass is 31.2. The summed E-state index contributed by atoms with van der Waals surface area (Å²) < 4.78 is 7.11. The van der Waals surface area contributed by atoms with Gasteiger partial charge in [0.2, 0.25) is 0 Å². The van der Waals surface area contributed by atoms with Crippen molar-refractivity contribution in [1.29, 1.82) is 0 Å². The molecule has 0 aliphatic carbocycles. The quantitative estimate of drug-likeness (QED) is 0.153. The molecule has 1 heterocycles. The van der Waals surface area contributed by atoms with Gasteiger partial charge in [0.1, 0.15) is 0 Å². The third-order valence-corrected chi connectivity index (χ3v) is 22.2. The van der Waals surface area contributed by atoms with Crippen LogP contribution in [-0.4, -0.2) is 17.2 Å². The van der Waals surface area contributed by atoms with Gasteiger partial charge in [0, 0.05) is 17.2 Å². The molecule has 0 amide bonds. The fourth-order valence-corrected chi connectivity index (χ4v) is 22.6. The lowest BCUT2D eigenvalue weighted by atomic mass is 10.1. The Morgan fingerprint density at radius 3 is 0.714 bits per heavy atom. The van der Waals surface area contributed by atoms with Crippen LogP contribution < -0.4 is 31.8 Å². The monoisotopic (exact) mass is 686 g/mol. The van der Waals surface area contributed by atoms with Crippen LogP contribution in [0.4, 0.5) is 0 Å². The lowest BCUT2D eigenvalue weighted by Gasteiger charge is -2.36. The molecule has 0 saturated carbocycles. The molecule has 49 heavy (non-hydrogen) atoms. The van der Waals surface area contributed by atoms with Crippen molar-refractivity contribution < 1.29 is 4.52 Å². The lowest BCUT2D eigenvalue weighted by Crippen LogP contribution is -2.31. The SMILES string of the molecule is COP1C(=P(c2ccccc2)(c2ccccc2)c2ccccc2)c2ccccc2C1=P(c1ccccc1)(c1ccccc1)c1ccccc1. The molecule has 1 aliphatic rings. The van der Waals surface area contributed by atoms with Crippen LogP contribution in [0, 0.1) is 0 Å². The number of fused-ring (bicyclic) bond motifs is 1. The van der Waals surface area contributed by atoms with Gasteiger partial charge < -0.3 is 4.52 Å². The first kappa shape index (κ1) is 31.8. The minimum Gasteiger partial charge on any atom is -0.353 e. The van der Waals surface area contributed by atoms with Gasteiger partial charge in [-0.1, -0.05) is 206 Å².